The van der Waals surface area contributed by atoms with Crippen LogP contribution in [0.4, 0.5) is 11.5 Å². The van der Waals surface area contributed by atoms with Crippen molar-refractivity contribution in [1.82, 2.24) is 15.2 Å². The van der Waals surface area contributed by atoms with Crippen molar-refractivity contribution in [3.63, 3.8) is 0 Å². The van der Waals surface area contributed by atoms with E-state index in [-0.39, 0.29) is 12.5 Å². The lowest BCUT2D eigenvalue weighted by atomic mass is 10.1. The highest BCUT2D eigenvalue weighted by Crippen LogP contribution is 2.25. The number of hydrogen-bond donors (Lipinski definition) is 4. The zero-order valence-electron chi connectivity index (χ0n) is 23.4. The van der Waals surface area contributed by atoms with Crippen molar-refractivity contribution >= 4 is 39.8 Å². The van der Waals surface area contributed by atoms with Crippen molar-refractivity contribution in [3.05, 3.63) is 64.3 Å². The summed E-state index contributed by atoms with van der Waals surface area (Å²) >= 11 is 6.13. The molecule has 0 spiro atoms. The maximum atomic E-state index is 12.5. The molecule has 0 radical (unpaired) electrons. The zero-order chi connectivity index (χ0) is 28.7. The number of hydrogen-bond acceptors (Lipinski definition) is 6. The molecule has 1 aromatic heterocycles. The minimum Gasteiger partial charge on any atom is -0.398 e. The molecule has 206 valence electrons. The average Bonchev–Trinajstić information content (AvgIpc) is 2.91. The first-order chi connectivity index (χ1) is 18.2. The van der Waals surface area contributed by atoms with E-state index in [9.17, 15) is 9.90 Å². The number of amides is 1. The number of carbonyl (C=O) groups excluding carboxylic acids is 1. The van der Waals surface area contributed by atoms with Crippen LogP contribution >= 0.6 is 11.6 Å². The van der Waals surface area contributed by atoms with Gasteiger partial charge in [-0.05, 0) is 43.4 Å². The van der Waals surface area contributed by atoms with Crippen molar-refractivity contribution in [2.75, 3.05) is 37.6 Å². The van der Waals surface area contributed by atoms with E-state index in [1.165, 1.54) is 6.42 Å². The third-order valence-corrected chi connectivity index (χ3v) is 5.61. The summed E-state index contributed by atoms with van der Waals surface area (Å²) in [5.74, 6) is 6.05. The minimum atomic E-state index is -0.659. The van der Waals surface area contributed by atoms with Gasteiger partial charge in [0.05, 0.1) is 17.2 Å². The van der Waals surface area contributed by atoms with Gasteiger partial charge in [0.1, 0.15) is 5.82 Å². The third-order valence-electron chi connectivity index (χ3n) is 5.37. The Morgan fingerprint density at radius 3 is 2.34 bits per heavy atom. The highest BCUT2D eigenvalue weighted by molar-refractivity contribution is 6.31. The molecule has 0 aliphatic rings. The molecular formula is C30H42ClN5O2. The van der Waals surface area contributed by atoms with Gasteiger partial charge in [0.25, 0.3) is 5.91 Å². The zero-order valence-corrected chi connectivity index (χ0v) is 24.2. The summed E-state index contributed by atoms with van der Waals surface area (Å²) < 4.78 is 0. The van der Waals surface area contributed by atoms with Gasteiger partial charge in [-0.1, -0.05) is 77.5 Å². The molecule has 3 aromatic rings. The number of nitrogens with two attached hydrogens (primary N) is 2. The third kappa shape index (κ3) is 9.86. The monoisotopic (exact) mass is 539 g/mol. The van der Waals surface area contributed by atoms with E-state index in [0.29, 0.717) is 39.8 Å². The van der Waals surface area contributed by atoms with Crippen molar-refractivity contribution in [1.29, 1.82) is 0 Å². The smallest absolute Gasteiger partial charge is 0.253 e. The van der Waals surface area contributed by atoms with Crippen LogP contribution < -0.4 is 16.8 Å². The number of aromatic nitrogens is 1. The number of nitrogens with zero attached hydrogens (tertiary/aromatic N) is 2. The molecular weight excluding hydrogens is 498 g/mol. The summed E-state index contributed by atoms with van der Waals surface area (Å²) in [7, 11) is 0. The Morgan fingerprint density at radius 1 is 1.08 bits per heavy atom. The van der Waals surface area contributed by atoms with Crippen molar-refractivity contribution in [2.45, 2.75) is 54.1 Å². The van der Waals surface area contributed by atoms with Gasteiger partial charge in [-0.25, -0.2) is 4.98 Å². The van der Waals surface area contributed by atoms with Gasteiger partial charge in [0.2, 0.25) is 0 Å². The summed E-state index contributed by atoms with van der Waals surface area (Å²) in [5, 5.41) is 15.2. The van der Waals surface area contributed by atoms with Gasteiger partial charge < -0.3 is 26.8 Å². The normalized spacial score (nSPS) is 10.9. The lowest BCUT2D eigenvalue weighted by Gasteiger charge is -2.22. The summed E-state index contributed by atoms with van der Waals surface area (Å²) in [6, 6.07) is 10.4. The fourth-order valence-electron chi connectivity index (χ4n) is 3.46. The van der Waals surface area contributed by atoms with Crippen molar-refractivity contribution in [3.8, 4) is 11.8 Å². The molecule has 1 amide bonds. The quantitative estimate of drug-likeness (QED) is 0.238. The summed E-state index contributed by atoms with van der Waals surface area (Å²) in [6.45, 7) is 14.6. The molecule has 1 atom stereocenters. The fourth-order valence-corrected chi connectivity index (χ4v) is 3.63. The van der Waals surface area contributed by atoms with Crippen LogP contribution in [0.15, 0.2) is 42.6 Å². The van der Waals surface area contributed by atoms with E-state index in [4.69, 9.17) is 23.1 Å². The predicted molar refractivity (Wildman–Crippen MR) is 161 cm³/mol. The van der Waals surface area contributed by atoms with Gasteiger partial charge in [0, 0.05) is 46.3 Å². The molecule has 0 fully saturated rings. The van der Waals surface area contributed by atoms with Crippen LogP contribution in [0.2, 0.25) is 5.02 Å². The molecule has 7 nitrogen and oxygen atoms in total. The number of aliphatic hydroxyl groups excluding tert-OH is 1. The Hall–Kier alpha value is -3.31. The molecule has 8 heteroatoms. The van der Waals surface area contributed by atoms with E-state index in [2.05, 4.69) is 40.9 Å². The Bertz CT molecular complexity index is 1230. The van der Waals surface area contributed by atoms with Crippen LogP contribution in [0.25, 0.3) is 10.8 Å². The molecule has 0 aliphatic heterocycles. The molecule has 0 aliphatic carbocycles. The van der Waals surface area contributed by atoms with Crippen LogP contribution in [0.3, 0.4) is 0 Å². The molecule has 1 heterocycles. The standard InChI is InChI=1S/C25H28ClN5O2.C3H8.C2H6/c1-3-31(4-2)15-19(32)14-30-25(33)21-10-6-16(11-23(21)27)5-9-20-22-12-18(26)8-7-17(22)13-29-24(20)28;1-3-2;1-2/h6-8,10-13,19,32H,3-4,14-15,27H2,1-2H3,(H2,28,29)(H,30,33);3H2,1-2H3;1-2H3. The number of nitrogens with one attached hydrogen (secondary N) is 1. The predicted octanol–water partition coefficient (Wildman–Crippen LogP) is 5.33. The molecule has 38 heavy (non-hydrogen) atoms. The SMILES string of the molecule is CC.CCC.CCN(CC)CC(O)CNC(=O)c1ccc(C#Cc2c(N)ncc3ccc(Cl)cc23)cc1N. The van der Waals surface area contributed by atoms with Gasteiger partial charge in [-0.3, -0.25) is 4.79 Å². The van der Waals surface area contributed by atoms with Gasteiger partial charge in [0.15, 0.2) is 0 Å². The molecule has 0 bridgehead atoms. The molecule has 2 aromatic carbocycles. The number of halogens is 1. The van der Waals surface area contributed by atoms with Crippen LogP contribution in [0.1, 0.15) is 69.4 Å². The van der Waals surface area contributed by atoms with Crippen LogP contribution in [0.5, 0.6) is 0 Å². The number of nitrogen functional groups attached to an aromatic ring is 2. The lowest BCUT2D eigenvalue weighted by Crippen LogP contribution is -2.40. The van der Waals surface area contributed by atoms with Gasteiger partial charge in [-0.15, -0.1) is 0 Å². The Balaban J connectivity index is 0.00000135. The summed E-state index contributed by atoms with van der Waals surface area (Å²) in [6.07, 6.45) is 2.27. The van der Waals surface area contributed by atoms with Gasteiger partial charge >= 0.3 is 0 Å². The first-order valence-electron chi connectivity index (χ1n) is 13.2. The van der Waals surface area contributed by atoms with Crippen LogP contribution in [0, 0.1) is 11.8 Å². The maximum Gasteiger partial charge on any atom is 0.253 e. The maximum absolute atomic E-state index is 12.5. The lowest BCUT2D eigenvalue weighted by molar-refractivity contribution is 0.0870. The fraction of sp³-hybridized carbons (Fsp3) is 0.400. The van der Waals surface area contributed by atoms with Crippen LogP contribution in [-0.4, -0.2) is 53.2 Å². The van der Waals surface area contributed by atoms with E-state index in [1.807, 2.05) is 33.8 Å². The Morgan fingerprint density at radius 2 is 1.74 bits per heavy atom. The largest absolute Gasteiger partial charge is 0.398 e. The topological polar surface area (TPSA) is 118 Å². The first-order valence-corrected chi connectivity index (χ1v) is 13.6. The van der Waals surface area contributed by atoms with Crippen LogP contribution in [-0.2, 0) is 0 Å². The van der Waals surface area contributed by atoms with Gasteiger partial charge in [-0.2, -0.15) is 0 Å². The number of likely N-dealkylation sites (N-methyl/N-ethyl adjacent to an activating group) is 1. The average molecular weight is 540 g/mol. The van der Waals surface area contributed by atoms with Crippen molar-refractivity contribution < 1.29 is 9.90 Å². The van der Waals surface area contributed by atoms with E-state index < -0.39 is 6.10 Å². The number of fused-ring (bicyclic) bond motifs is 1. The van der Waals surface area contributed by atoms with E-state index in [0.717, 1.165) is 23.9 Å². The highest BCUT2D eigenvalue weighted by atomic mass is 35.5. The first kappa shape index (κ1) is 32.7. The highest BCUT2D eigenvalue weighted by Gasteiger charge is 2.14. The second-order valence-corrected chi connectivity index (χ2v) is 8.80. The number of benzene rings is 2. The number of anilines is 2. The minimum absolute atomic E-state index is 0.145. The molecule has 6 N–H and O–H groups in total. The summed E-state index contributed by atoms with van der Waals surface area (Å²) in [5.41, 5.74) is 14.0. The van der Waals surface area contributed by atoms with Crippen molar-refractivity contribution in [2.24, 2.45) is 0 Å². The molecule has 0 saturated heterocycles. The van der Waals surface area contributed by atoms with E-state index >= 15 is 0 Å². The summed E-state index contributed by atoms with van der Waals surface area (Å²) in [4.78, 5) is 18.8. The molecule has 3 rings (SSSR count). The molecule has 1 unspecified atom stereocenters. The number of aliphatic hydroxyl groups is 1. The van der Waals surface area contributed by atoms with E-state index in [1.54, 1.807) is 36.5 Å². The number of carbonyl (C=O) groups is 1. The second kappa shape index (κ2) is 17.2. The number of rotatable bonds is 7. The second-order valence-electron chi connectivity index (χ2n) is 8.36. The Labute approximate surface area is 232 Å². The molecule has 0 saturated carbocycles. The Kier molecular flexibility index (Phi) is 14.8. The number of pyridine rings is 1.